The second kappa shape index (κ2) is 5.39. The Hall–Kier alpha value is -0.900. The molecule has 2 aliphatic rings. The van der Waals surface area contributed by atoms with E-state index in [1.165, 1.54) is 0 Å². The number of ketones is 1. The van der Waals surface area contributed by atoms with E-state index in [2.05, 4.69) is 5.32 Å². The number of ether oxygens (including phenoxy) is 1. The molecule has 0 aromatic heterocycles. The van der Waals surface area contributed by atoms with E-state index in [1.807, 2.05) is 13.8 Å². The maximum absolute atomic E-state index is 12.1. The van der Waals surface area contributed by atoms with E-state index < -0.39 is 5.60 Å². The first-order chi connectivity index (χ1) is 8.49. The highest BCUT2D eigenvalue weighted by molar-refractivity contribution is 5.87. The van der Waals surface area contributed by atoms with Crippen LogP contribution in [0.3, 0.4) is 0 Å². The molecule has 0 aromatic rings. The summed E-state index contributed by atoms with van der Waals surface area (Å²) in [5, 5.41) is 2.31. The first-order valence-corrected chi connectivity index (χ1v) is 7.05. The monoisotopic (exact) mass is 254 g/mol. The molecule has 1 atom stereocenters. The Labute approximate surface area is 108 Å². The largest absolute Gasteiger partial charge is 0.459 e. The Morgan fingerprint density at radius 2 is 1.94 bits per heavy atom. The Bertz CT molecular complexity index is 332. The highest BCUT2D eigenvalue weighted by Crippen LogP contribution is 2.31. The summed E-state index contributed by atoms with van der Waals surface area (Å²) in [4.78, 5) is 23.3. The van der Waals surface area contributed by atoms with E-state index in [9.17, 15) is 9.59 Å². The molecule has 4 nitrogen and oxygen atoms in total. The summed E-state index contributed by atoms with van der Waals surface area (Å²) in [6.45, 7) is 6.26. The molecule has 0 bridgehead atoms. The topological polar surface area (TPSA) is 60.0 Å². The fraction of sp³-hybridized carbons (Fsp3) is 0.857. The molecule has 1 saturated heterocycles. The predicted molar refractivity (Wildman–Crippen MR) is 66.9 cm³/mol. The van der Waals surface area contributed by atoms with Gasteiger partial charge in [-0.15, -0.1) is 0 Å². The van der Waals surface area contributed by atoms with Crippen molar-refractivity contribution >= 4 is 11.8 Å². The number of esters is 1. The Morgan fingerprint density at radius 3 is 2.50 bits per heavy atom. The lowest BCUT2D eigenvalue weighted by Gasteiger charge is -2.36. The fourth-order valence-electron chi connectivity index (χ4n) is 3.06. The minimum atomic E-state index is -0.392. The normalized spacial score (nSPS) is 26.3. The van der Waals surface area contributed by atoms with Crippen LogP contribution < -0.4 is 5.32 Å². The summed E-state index contributed by atoms with van der Waals surface area (Å²) in [6, 6.07) is 0. The van der Waals surface area contributed by atoms with E-state index in [0.29, 0.717) is 25.2 Å². The molecule has 18 heavy (non-hydrogen) atoms. The third-order valence-electron chi connectivity index (χ3n) is 4.36. The number of Topliss-reactive ketones (excluding diaryl/α,β-unsaturated/α-hetero) is 1. The summed E-state index contributed by atoms with van der Waals surface area (Å²) in [7, 11) is 0. The molecule has 1 aliphatic carbocycles. The SMILES string of the molecule is CC(C)(OC(=O)C1CCC(=O)C1)C1CC[NH2+]CC1. The standard InChI is InChI=1S/C14H23NO3/c1-14(2,11-5-7-15-8-6-11)18-13(17)10-3-4-12(16)9-10/h10-11,15H,3-9H2,1-2H3/p+1. The molecule has 4 heteroatoms. The van der Waals surface area contributed by atoms with Crippen LogP contribution in [-0.2, 0) is 14.3 Å². The summed E-state index contributed by atoms with van der Waals surface area (Å²) in [5.74, 6) is 0.290. The molecule has 1 unspecified atom stereocenters. The van der Waals surface area contributed by atoms with E-state index in [4.69, 9.17) is 4.74 Å². The molecular formula is C14H24NO3+. The average molecular weight is 254 g/mol. The quantitative estimate of drug-likeness (QED) is 0.752. The molecule has 2 rings (SSSR count). The zero-order valence-corrected chi connectivity index (χ0v) is 11.4. The van der Waals surface area contributed by atoms with Gasteiger partial charge in [-0.2, -0.15) is 0 Å². The smallest absolute Gasteiger partial charge is 0.309 e. The van der Waals surface area contributed by atoms with Gasteiger partial charge in [0.25, 0.3) is 0 Å². The molecule has 0 aromatic carbocycles. The van der Waals surface area contributed by atoms with Crippen molar-refractivity contribution in [3.63, 3.8) is 0 Å². The Morgan fingerprint density at radius 1 is 1.28 bits per heavy atom. The van der Waals surface area contributed by atoms with Gasteiger partial charge in [-0.3, -0.25) is 9.59 Å². The zero-order valence-electron chi connectivity index (χ0n) is 11.4. The van der Waals surface area contributed by atoms with Crippen molar-refractivity contribution < 1.29 is 19.6 Å². The molecule has 0 radical (unpaired) electrons. The van der Waals surface area contributed by atoms with Crippen LogP contribution in [0.1, 0.15) is 46.0 Å². The van der Waals surface area contributed by atoms with Gasteiger partial charge in [-0.1, -0.05) is 0 Å². The molecule has 2 N–H and O–H groups in total. The molecule has 2 fully saturated rings. The molecular weight excluding hydrogens is 230 g/mol. The minimum Gasteiger partial charge on any atom is -0.459 e. The third-order valence-corrected chi connectivity index (χ3v) is 4.36. The summed E-state index contributed by atoms with van der Waals surface area (Å²) in [5.41, 5.74) is -0.392. The second-order valence-corrected chi connectivity index (χ2v) is 6.14. The third kappa shape index (κ3) is 3.10. The molecule has 1 saturated carbocycles. The number of carbonyl (C=O) groups excluding carboxylic acids is 2. The van der Waals surface area contributed by atoms with Gasteiger partial charge < -0.3 is 10.1 Å². The summed E-state index contributed by atoms with van der Waals surface area (Å²) >= 11 is 0. The number of nitrogens with two attached hydrogens (primary N) is 1. The van der Waals surface area contributed by atoms with Gasteiger partial charge in [0.05, 0.1) is 19.0 Å². The van der Waals surface area contributed by atoms with Gasteiger partial charge in [0, 0.05) is 31.6 Å². The van der Waals surface area contributed by atoms with Gasteiger partial charge in [-0.05, 0) is 20.3 Å². The van der Waals surface area contributed by atoms with Crippen molar-refractivity contribution in [1.29, 1.82) is 0 Å². The number of carbonyl (C=O) groups is 2. The maximum Gasteiger partial charge on any atom is 0.309 e. The van der Waals surface area contributed by atoms with Crippen molar-refractivity contribution in [2.24, 2.45) is 11.8 Å². The average Bonchev–Trinajstić information content (AvgIpc) is 2.77. The van der Waals surface area contributed by atoms with Crippen molar-refractivity contribution in [3.05, 3.63) is 0 Å². The summed E-state index contributed by atoms with van der Waals surface area (Å²) in [6.07, 6.45) is 3.80. The van der Waals surface area contributed by atoms with Crippen molar-refractivity contribution in [3.8, 4) is 0 Å². The lowest BCUT2D eigenvalue weighted by molar-refractivity contribution is -0.665. The number of quaternary nitrogens is 1. The fourth-order valence-corrected chi connectivity index (χ4v) is 3.06. The van der Waals surface area contributed by atoms with Crippen LogP contribution in [0.25, 0.3) is 0 Å². The highest BCUT2D eigenvalue weighted by Gasteiger charge is 2.38. The van der Waals surface area contributed by atoms with Crippen molar-refractivity contribution in [2.75, 3.05) is 13.1 Å². The zero-order chi connectivity index (χ0) is 13.2. The second-order valence-electron chi connectivity index (χ2n) is 6.14. The predicted octanol–water partition coefficient (Wildman–Crippen LogP) is 0.651. The van der Waals surface area contributed by atoms with Crippen LogP contribution in [0.2, 0.25) is 0 Å². The van der Waals surface area contributed by atoms with Crippen LogP contribution in [0.4, 0.5) is 0 Å². The van der Waals surface area contributed by atoms with Gasteiger partial charge >= 0.3 is 5.97 Å². The van der Waals surface area contributed by atoms with Gasteiger partial charge in [-0.25, -0.2) is 0 Å². The first-order valence-electron chi connectivity index (χ1n) is 7.05. The number of hydrogen-bond donors (Lipinski definition) is 1. The minimum absolute atomic E-state index is 0.166. The lowest BCUT2D eigenvalue weighted by Crippen LogP contribution is -2.86. The highest BCUT2D eigenvalue weighted by atomic mass is 16.6. The first kappa shape index (κ1) is 13.5. The molecule has 1 heterocycles. The Kier molecular flexibility index (Phi) is 4.05. The number of piperidine rings is 1. The van der Waals surface area contributed by atoms with E-state index >= 15 is 0 Å². The maximum atomic E-state index is 12.1. The van der Waals surface area contributed by atoms with Gasteiger partial charge in [0.15, 0.2) is 0 Å². The van der Waals surface area contributed by atoms with Crippen LogP contribution in [0, 0.1) is 11.8 Å². The van der Waals surface area contributed by atoms with E-state index in [0.717, 1.165) is 25.9 Å². The molecule has 0 spiro atoms. The van der Waals surface area contributed by atoms with Crippen LogP contribution in [0.5, 0.6) is 0 Å². The van der Waals surface area contributed by atoms with Crippen molar-refractivity contribution in [2.45, 2.75) is 51.6 Å². The van der Waals surface area contributed by atoms with Crippen LogP contribution in [0.15, 0.2) is 0 Å². The molecule has 1 aliphatic heterocycles. The molecule has 0 amide bonds. The summed E-state index contributed by atoms with van der Waals surface area (Å²) < 4.78 is 5.70. The van der Waals surface area contributed by atoms with Crippen LogP contribution >= 0.6 is 0 Å². The van der Waals surface area contributed by atoms with Gasteiger partial charge in [0.1, 0.15) is 11.4 Å². The Balaban J connectivity index is 1.90. The number of rotatable bonds is 3. The van der Waals surface area contributed by atoms with E-state index in [-0.39, 0.29) is 17.7 Å². The lowest BCUT2D eigenvalue weighted by atomic mass is 9.83. The molecule has 102 valence electrons. The number of hydrogen-bond acceptors (Lipinski definition) is 3. The van der Waals surface area contributed by atoms with Crippen molar-refractivity contribution in [1.82, 2.24) is 0 Å². The van der Waals surface area contributed by atoms with Crippen LogP contribution in [-0.4, -0.2) is 30.4 Å². The van der Waals surface area contributed by atoms with E-state index in [1.54, 1.807) is 0 Å². The van der Waals surface area contributed by atoms with Gasteiger partial charge in [0.2, 0.25) is 0 Å².